The predicted molar refractivity (Wildman–Crippen MR) is 99.0 cm³/mol. The molecule has 10 heteroatoms. The van der Waals surface area contributed by atoms with E-state index in [1.807, 2.05) is 17.0 Å². The summed E-state index contributed by atoms with van der Waals surface area (Å²) in [5.41, 5.74) is -0.119. The molecule has 4 heterocycles. The molecule has 0 aliphatic carbocycles. The van der Waals surface area contributed by atoms with Crippen LogP contribution in [0.5, 0.6) is 0 Å². The van der Waals surface area contributed by atoms with E-state index in [9.17, 15) is 8.42 Å². The second-order valence-electron chi connectivity index (χ2n) is 5.57. The molecule has 0 amide bonds. The smallest absolute Gasteiger partial charge is 0.264 e. The minimum atomic E-state index is -3.84. The van der Waals surface area contributed by atoms with E-state index in [2.05, 4.69) is 10.3 Å². The fourth-order valence-electron chi connectivity index (χ4n) is 2.91. The van der Waals surface area contributed by atoms with Gasteiger partial charge in [0.25, 0.3) is 10.0 Å². The van der Waals surface area contributed by atoms with Gasteiger partial charge in [-0.25, -0.2) is 13.4 Å². The van der Waals surface area contributed by atoms with E-state index in [0.29, 0.717) is 24.1 Å². The van der Waals surface area contributed by atoms with Gasteiger partial charge in [0.05, 0.1) is 5.03 Å². The maximum absolute atomic E-state index is 13.4. The SMILES string of the molecule is CNCCn1cc(S(=O)(=O)N2C(Cl)C=C3SC=CN32)c2cccnc21. The van der Waals surface area contributed by atoms with Crippen LogP contribution in [0.15, 0.2) is 52.1 Å². The van der Waals surface area contributed by atoms with Crippen LogP contribution in [0, 0.1) is 0 Å². The average Bonchev–Trinajstić information content (AvgIpc) is 3.25. The first-order valence-corrected chi connectivity index (χ1v) is 10.4. The Morgan fingerprint density at radius 3 is 3.08 bits per heavy atom. The van der Waals surface area contributed by atoms with Crippen LogP contribution in [0.1, 0.15) is 0 Å². The molecule has 0 saturated carbocycles. The van der Waals surface area contributed by atoms with E-state index in [1.165, 1.54) is 16.2 Å². The summed E-state index contributed by atoms with van der Waals surface area (Å²) in [7, 11) is -1.99. The summed E-state index contributed by atoms with van der Waals surface area (Å²) in [6, 6.07) is 3.51. The Bertz CT molecular complexity index is 985. The molecule has 2 aromatic heterocycles. The van der Waals surface area contributed by atoms with E-state index in [0.717, 1.165) is 5.03 Å². The van der Waals surface area contributed by atoms with Crippen molar-refractivity contribution < 1.29 is 8.42 Å². The molecule has 0 bridgehead atoms. The van der Waals surface area contributed by atoms with Gasteiger partial charge in [-0.3, -0.25) is 5.01 Å². The largest absolute Gasteiger partial charge is 0.330 e. The molecule has 0 fully saturated rings. The maximum atomic E-state index is 13.4. The Kier molecular flexibility index (Phi) is 4.28. The predicted octanol–water partition coefficient (Wildman–Crippen LogP) is 2.10. The molecule has 132 valence electrons. The Balaban J connectivity index is 1.82. The van der Waals surface area contributed by atoms with E-state index in [1.54, 1.807) is 41.8 Å². The average molecular weight is 398 g/mol. The van der Waals surface area contributed by atoms with Crippen LogP contribution < -0.4 is 5.32 Å². The van der Waals surface area contributed by atoms with Crippen LogP contribution >= 0.6 is 23.4 Å². The van der Waals surface area contributed by atoms with Crippen molar-refractivity contribution in [2.45, 2.75) is 16.9 Å². The molecular formula is C15H16ClN5O2S2. The van der Waals surface area contributed by atoms with Crippen LogP contribution in [0.4, 0.5) is 0 Å². The number of rotatable bonds is 5. The third kappa shape index (κ3) is 2.67. The number of nitrogens with one attached hydrogen (secondary N) is 1. The highest BCUT2D eigenvalue weighted by Crippen LogP contribution is 2.42. The summed E-state index contributed by atoms with van der Waals surface area (Å²) in [6.07, 6.45) is 6.73. The first kappa shape index (κ1) is 16.9. The molecule has 1 unspecified atom stereocenters. The molecule has 1 atom stereocenters. The molecule has 2 aliphatic rings. The number of pyridine rings is 1. The van der Waals surface area contributed by atoms with Crippen molar-refractivity contribution >= 4 is 44.4 Å². The van der Waals surface area contributed by atoms with Crippen molar-refractivity contribution in [3.63, 3.8) is 0 Å². The Hall–Kier alpha value is -1.52. The van der Waals surface area contributed by atoms with Crippen molar-refractivity contribution in [2.75, 3.05) is 13.6 Å². The van der Waals surface area contributed by atoms with Crippen LogP contribution in [0.3, 0.4) is 0 Å². The lowest BCUT2D eigenvalue weighted by Crippen LogP contribution is -2.41. The molecule has 2 aromatic rings. The zero-order chi connectivity index (χ0) is 17.6. The van der Waals surface area contributed by atoms with Gasteiger partial charge in [-0.2, -0.15) is 0 Å². The van der Waals surface area contributed by atoms with Gasteiger partial charge in [-0.05, 0) is 30.7 Å². The summed E-state index contributed by atoms with van der Waals surface area (Å²) in [5.74, 6) is 0. The van der Waals surface area contributed by atoms with Gasteiger partial charge >= 0.3 is 0 Å². The minimum absolute atomic E-state index is 0.206. The zero-order valence-electron chi connectivity index (χ0n) is 13.3. The molecule has 0 radical (unpaired) electrons. The molecule has 25 heavy (non-hydrogen) atoms. The quantitative estimate of drug-likeness (QED) is 0.615. The molecule has 4 rings (SSSR count). The van der Waals surface area contributed by atoms with Crippen LogP contribution in [-0.2, 0) is 16.6 Å². The Morgan fingerprint density at radius 2 is 2.28 bits per heavy atom. The van der Waals surface area contributed by atoms with E-state index >= 15 is 0 Å². The first-order valence-electron chi connectivity index (χ1n) is 7.65. The van der Waals surface area contributed by atoms with Gasteiger partial charge in [-0.1, -0.05) is 27.8 Å². The number of hydrazine groups is 1. The lowest BCUT2D eigenvalue weighted by molar-refractivity contribution is 0.205. The maximum Gasteiger partial charge on any atom is 0.264 e. The minimum Gasteiger partial charge on any atom is -0.330 e. The van der Waals surface area contributed by atoms with Crippen molar-refractivity contribution in [2.24, 2.45) is 0 Å². The van der Waals surface area contributed by atoms with E-state index < -0.39 is 15.5 Å². The van der Waals surface area contributed by atoms with Crippen LogP contribution in [-0.4, -0.2) is 46.5 Å². The summed E-state index contributed by atoms with van der Waals surface area (Å²) < 4.78 is 29.8. The summed E-state index contributed by atoms with van der Waals surface area (Å²) in [6.45, 7) is 1.33. The number of likely N-dealkylation sites (N-methyl/N-ethyl adjacent to an activating group) is 1. The number of alkyl halides is 1. The Morgan fingerprint density at radius 1 is 1.44 bits per heavy atom. The van der Waals surface area contributed by atoms with Crippen molar-refractivity contribution in [1.29, 1.82) is 0 Å². The first-order chi connectivity index (χ1) is 12.0. The second-order valence-corrected chi connectivity index (χ2v) is 8.70. The van der Waals surface area contributed by atoms with E-state index in [4.69, 9.17) is 11.6 Å². The summed E-state index contributed by atoms with van der Waals surface area (Å²) in [4.78, 5) is 4.56. The molecule has 7 nitrogen and oxygen atoms in total. The van der Waals surface area contributed by atoms with Crippen molar-refractivity contribution in [3.8, 4) is 0 Å². The van der Waals surface area contributed by atoms with Gasteiger partial charge in [0.2, 0.25) is 0 Å². The number of sulfonamides is 1. The molecule has 0 saturated heterocycles. The number of nitrogens with zero attached hydrogens (tertiary/aromatic N) is 4. The number of thioether (sulfide) groups is 1. The fourth-order valence-corrected chi connectivity index (χ4v) is 5.95. The van der Waals surface area contributed by atoms with Gasteiger partial charge in [0.15, 0.2) is 0 Å². The number of fused-ring (bicyclic) bond motifs is 2. The summed E-state index contributed by atoms with van der Waals surface area (Å²) >= 11 is 7.75. The zero-order valence-corrected chi connectivity index (χ0v) is 15.7. The third-order valence-corrected chi connectivity index (χ3v) is 7.07. The number of hydrogen-bond acceptors (Lipinski definition) is 6. The number of hydrogen-bond donors (Lipinski definition) is 1. The lowest BCUT2D eigenvalue weighted by Gasteiger charge is -2.27. The second kappa shape index (κ2) is 6.33. The highest BCUT2D eigenvalue weighted by molar-refractivity contribution is 8.06. The number of halogens is 1. The number of aromatic nitrogens is 2. The molecule has 0 aromatic carbocycles. The highest BCUT2D eigenvalue weighted by atomic mass is 35.5. The van der Waals surface area contributed by atoms with Crippen LogP contribution in [0.25, 0.3) is 11.0 Å². The van der Waals surface area contributed by atoms with Gasteiger partial charge < -0.3 is 9.88 Å². The lowest BCUT2D eigenvalue weighted by atomic mass is 10.3. The normalized spacial score (nSPS) is 20.5. The molecule has 0 spiro atoms. The van der Waals surface area contributed by atoms with Crippen LogP contribution in [0.2, 0.25) is 0 Å². The van der Waals surface area contributed by atoms with Crippen molar-refractivity contribution in [3.05, 3.63) is 47.2 Å². The fraction of sp³-hybridized carbons (Fsp3) is 0.267. The highest BCUT2D eigenvalue weighted by Gasteiger charge is 2.42. The standard InChI is InChI=1S/C15H16ClN5O2S2/c1-17-5-6-19-10-12(11-3-2-4-18-15(11)19)25(22,23)21-13(16)9-14-20(21)7-8-24-14/h2-4,7-10,13,17H,5-6H2,1H3. The van der Waals surface area contributed by atoms with Crippen molar-refractivity contribution in [1.82, 2.24) is 24.3 Å². The van der Waals surface area contributed by atoms with Gasteiger partial charge in [0, 0.05) is 37.1 Å². The van der Waals surface area contributed by atoms with E-state index in [-0.39, 0.29) is 4.90 Å². The molecule has 2 aliphatic heterocycles. The summed E-state index contributed by atoms with van der Waals surface area (Å²) in [5, 5.41) is 7.85. The monoisotopic (exact) mass is 397 g/mol. The van der Waals surface area contributed by atoms with Gasteiger partial charge in [-0.15, -0.1) is 0 Å². The topological polar surface area (TPSA) is 70.5 Å². The van der Waals surface area contributed by atoms with Gasteiger partial charge in [0.1, 0.15) is 16.0 Å². The molecule has 1 N–H and O–H groups in total. The Labute approximate surface area is 155 Å². The molecular weight excluding hydrogens is 382 g/mol. The third-order valence-electron chi connectivity index (χ3n) is 4.04.